The summed E-state index contributed by atoms with van der Waals surface area (Å²) >= 11 is 0. The predicted octanol–water partition coefficient (Wildman–Crippen LogP) is 5.68. The lowest BCUT2D eigenvalue weighted by atomic mass is 9.98. The first-order valence-corrected chi connectivity index (χ1v) is 7.02. The van der Waals surface area contributed by atoms with Crippen LogP contribution in [0, 0.1) is 19.7 Å². The molecule has 0 atom stereocenters. The van der Waals surface area contributed by atoms with E-state index >= 15 is 0 Å². The summed E-state index contributed by atoms with van der Waals surface area (Å²) in [6.45, 7) is 3.15. The smallest absolute Gasteiger partial charge is 0.247 e. The number of rotatable bonds is 1. The van der Waals surface area contributed by atoms with Crippen LogP contribution in [0.4, 0.5) is 17.6 Å². The van der Waals surface area contributed by atoms with Crippen LogP contribution in [0.15, 0.2) is 42.5 Å². The van der Waals surface area contributed by atoms with Gasteiger partial charge < -0.3 is 0 Å². The van der Waals surface area contributed by atoms with Crippen molar-refractivity contribution in [2.45, 2.75) is 20.0 Å². The van der Waals surface area contributed by atoms with E-state index in [0.29, 0.717) is 33.3 Å². The van der Waals surface area contributed by atoms with Gasteiger partial charge >= 0.3 is 6.18 Å². The quantitative estimate of drug-likeness (QED) is 0.526. The Bertz CT molecular complexity index is 897. The molecule has 0 saturated carbocycles. The Balaban J connectivity index is 2.23. The summed E-state index contributed by atoms with van der Waals surface area (Å²) in [5.41, 5.74) is 1.35. The normalized spacial score (nSPS) is 11.9. The summed E-state index contributed by atoms with van der Waals surface area (Å²) in [6.07, 6.45) is -4.40. The predicted molar refractivity (Wildman–Crippen MR) is 81.6 cm³/mol. The SMILES string of the molecule is Cc1cc(C(F)(F)F)ccc1-c1nc2ccccc2c(F)c1C. The highest BCUT2D eigenvalue weighted by Gasteiger charge is 2.30. The lowest BCUT2D eigenvalue weighted by molar-refractivity contribution is -0.137. The number of aryl methyl sites for hydroxylation is 1. The number of hydrogen-bond acceptors (Lipinski definition) is 1. The van der Waals surface area contributed by atoms with Crippen molar-refractivity contribution in [3.8, 4) is 11.3 Å². The van der Waals surface area contributed by atoms with Gasteiger partial charge in [-0.3, -0.25) is 0 Å². The standard InChI is InChI=1S/C18H13F4N/c1-10-9-12(18(20,21)22)7-8-13(10)17-11(2)16(19)14-5-3-4-6-15(14)23-17/h3-9H,1-2H3. The van der Waals surface area contributed by atoms with Crippen molar-refractivity contribution in [2.24, 2.45) is 0 Å². The topological polar surface area (TPSA) is 12.9 Å². The number of halogens is 4. The Morgan fingerprint density at radius 3 is 2.30 bits per heavy atom. The van der Waals surface area contributed by atoms with Gasteiger partial charge in [0.15, 0.2) is 0 Å². The van der Waals surface area contributed by atoms with E-state index < -0.39 is 17.6 Å². The summed E-state index contributed by atoms with van der Waals surface area (Å²) in [5.74, 6) is -0.398. The fourth-order valence-electron chi connectivity index (χ4n) is 2.63. The van der Waals surface area contributed by atoms with Gasteiger partial charge in [-0.2, -0.15) is 13.2 Å². The molecule has 1 nitrogen and oxygen atoms in total. The van der Waals surface area contributed by atoms with Crippen molar-refractivity contribution >= 4 is 10.9 Å². The number of benzene rings is 2. The molecule has 0 N–H and O–H groups in total. The third-order valence-corrected chi connectivity index (χ3v) is 3.87. The number of aromatic nitrogens is 1. The molecule has 1 aromatic heterocycles. The molecule has 3 rings (SSSR count). The number of hydrogen-bond donors (Lipinski definition) is 0. The van der Waals surface area contributed by atoms with Crippen LogP contribution in [0.2, 0.25) is 0 Å². The van der Waals surface area contributed by atoms with Crippen molar-refractivity contribution in [2.75, 3.05) is 0 Å². The maximum Gasteiger partial charge on any atom is 0.416 e. The fourth-order valence-corrected chi connectivity index (χ4v) is 2.63. The van der Waals surface area contributed by atoms with E-state index in [1.165, 1.54) is 6.07 Å². The van der Waals surface area contributed by atoms with Gasteiger partial charge in [0.05, 0.1) is 16.8 Å². The monoisotopic (exact) mass is 319 g/mol. The summed E-state index contributed by atoms with van der Waals surface area (Å²) in [6, 6.07) is 10.2. The molecule has 118 valence electrons. The summed E-state index contributed by atoms with van der Waals surface area (Å²) < 4.78 is 52.9. The number of alkyl halides is 3. The third kappa shape index (κ3) is 2.67. The first-order valence-electron chi connectivity index (χ1n) is 7.02. The average molecular weight is 319 g/mol. The molecule has 5 heteroatoms. The largest absolute Gasteiger partial charge is 0.416 e. The Kier molecular flexibility index (Phi) is 3.59. The highest BCUT2D eigenvalue weighted by molar-refractivity contribution is 5.84. The van der Waals surface area contributed by atoms with Crippen LogP contribution >= 0.6 is 0 Å². The van der Waals surface area contributed by atoms with Crippen molar-refractivity contribution in [3.05, 3.63) is 65.0 Å². The van der Waals surface area contributed by atoms with Crippen LogP contribution in [-0.2, 0) is 6.18 Å². The Morgan fingerprint density at radius 2 is 1.65 bits per heavy atom. The summed E-state index contributed by atoms with van der Waals surface area (Å²) in [5, 5.41) is 0.401. The van der Waals surface area contributed by atoms with Gasteiger partial charge in [0.25, 0.3) is 0 Å². The van der Waals surface area contributed by atoms with Gasteiger partial charge in [-0.05, 0) is 43.7 Å². The molecule has 0 unspecified atom stereocenters. The van der Waals surface area contributed by atoms with E-state index in [0.717, 1.165) is 12.1 Å². The van der Waals surface area contributed by atoms with Gasteiger partial charge in [-0.15, -0.1) is 0 Å². The second kappa shape index (κ2) is 5.33. The second-order valence-electron chi connectivity index (χ2n) is 5.44. The lowest BCUT2D eigenvalue weighted by Crippen LogP contribution is -2.05. The molecule has 0 aliphatic rings. The van der Waals surface area contributed by atoms with Crippen molar-refractivity contribution < 1.29 is 17.6 Å². The molecule has 2 aromatic carbocycles. The molecular weight excluding hydrogens is 306 g/mol. The number of pyridine rings is 1. The molecule has 0 bridgehead atoms. The molecule has 0 aliphatic carbocycles. The summed E-state index contributed by atoms with van der Waals surface area (Å²) in [7, 11) is 0. The van der Waals surface area contributed by atoms with Gasteiger partial charge in [0.2, 0.25) is 0 Å². The Morgan fingerprint density at radius 1 is 0.957 bits per heavy atom. The highest BCUT2D eigenvalue weighted by Crippen LogP contribution is 2.35. The molecule has 0 amide bonds. The van der Waals surface area contributed by atoms with Crippen LogP contribution < -0.4 is 0 Å². The van der Waals surface area contributed by atoms with Gasteiger partial charge in [-0.1, -0.05) is 18.2 Å². The molecule has 0 radical (unpaired) electrons. The Labute approximate surface area is 130 Å². The number of fused-ring (bicyclic) bond motifs is 1. The van der Waals surface area contributed by atoms with Crippen LogP contribution in [0.5, 0.6) is 0 Å². The fraction of sp³-hybridized carbons (Fsp3) is 0.167. The molecular formula is C18H13F4N. The molecule has 23 heavy (non-hydrogen) atoms. The van der Waals surface area contributed by atoms with E-state index in [1.807, 2.05) is 0 Å². The molecule has 1 heterocycles. The zero-order valence-electron chi connectivity index (χ0n) is 12.5. The third-order valence-electron chi connectivity index (χ3n) is 3.87. The highest BCUT2D eigenvalue weighted by atomic mass is 19.4. The van der Waals surface area contributed by atoms with E-state index in [2.05, 4.69) is 4.98 Å². The van der Waals surface area contributed by atoms with Gasteiger partial charge in [0.1, 0.15) is 5.82 Å². The maximum absolute atomic E-state index is 14.5. The van der Waals surface area contributed by atoms with E-state index in [9.17, 15) is 17.6 Å². The molecule has 3 aromatic rings. The maximum atomic E-state index is 14.5. The van der Waals surface area contributed by atoms with Crippen molar-refractivity contribution in [1.82, 2.24) is 4.98 Å². The average Bonchev–Trinajstić information content (AvgIpc) is 2.50. The molecule has 0 fully saturated rings. The zero-order valence-corrected chi connectivity index (χ0v) is 12.5. The van der Waals surface area contributed by atoms with Crippen molar-refractivity contribution in [1.29, 1.82) is 0 Å². The van der Waals surface area contributed by atoms with Crippen LogP contribution in [0.3, 0.4) is 0 Å². The van der Waals surface area contributed by atoms with Gasteiger partial charge in [0, 0.05) is 16.5 Å². The van der Waals surface area contributed by atoms with E-state index in [-0.39, 0.29) is 0 Å². The minimum atomic E-state index is -4.40. The minimum Gasteiger partial charge on any atom is -0.247 e. The van der Waals surface area contributed by atoms with Crippen LogP contribution in [-0.4, -0.2) is 4.98 Å². The summed E-state index contributed by atoms with van der Waals surface area (Å²) in [4.78, 5) is 4.44. The lowest BCUT2D eigenvalue weighted by Gasteiger charge is -2.14. The van der Waals surface area contributed by atoms with Crippen molar-refractivity contribution in [3.63, 3.8) is 0 Å². The number of para-hydroxylation sites is 1. The van der Waals surface area contributed by atoms with Crippen LogP contribution in [0.25, 0.3) is 22.2 Å². The molecule has 0 aliphatic heterocycles. The minimum absolute atomic E-state index is 0.326. The van der Waals surface area contributed by atoms with E-state index in [1.54, 1.807) is 38.1 Å². The molecule has 0 spiro atoms. The second-order valence-corrected chi connectivity index (χ2v) is 5.44. The van der Waals surface area contributed by atoms with Gasteiger partial charge in [-0.25, -0.2) is 9.37 Å². The van der Waals surface area contributed by atoms with E-state index in [4.69, 9.17) is 0 Å². The first-order chi connectivity index (χ1) is 10.8. The first kappa shape index (κ1) is 15.5. The zero-order chi connectivity index (χ0) is 16.8. The van der Waals surface area contributed by atoms with Crippen LogP contribution in [0.1, 0.15) is 16.7 Å². The number of nitrogens with zero attached hydrogens (tertiary/aromatic N) is 1. The molecule has 0 saturated heterocycles. The Hall–Kier alpha value is -2.43.